The molecular formula is C25H25NO4S. The Morgan fingerprint density at radius 3 is 2.48 bits per heavy atom. The summed E-state index contributed by atoms with van der Waals surface area (Å²) in [6.45, 7) is 6.10. The van der Waals surface area contributed by atoms with Crippen LogP contribution in [0.25, 0.3) is 0 Å². The SMILES string of the molecule is C=C[C@@H]1C[C@H](O)c2cc(OCc3ccccc3)ccc2N1S(=O)(=O)c1ccc(C)cc1. The number of aliphatic hydroxyl groups is 1. The molecule has 0 spiro atoms. The topological polar surface area (TPSA) is 66.8 Å². The normalized spacial score (nSPS) is 18.3. The number of aliphatic hydroxyl groups excluding tert-OH is 1. The number of ether oxygens (including phenoxy) is 1. The summed E-state index contributed by atoms with van der Waals surface area (Å²) in [5.74, 6) is 0.575. The molecule has 2 atom stereocenters. The number of anilines is 1. The molecule has 0 amide bonds. The lowest BCUT2D eigenvalue weighted by Crippen LogP contribution is -2.43. The lowest BCUT2D eigenvalue weighted by Gasteiger charge is -2.38. The molecule has 5 nitrogen and oxygen atoms in total. The molecule has 0 unspecified atom stereocenters. The highest BCUT2D eigenvalue weighted by Crippen LogP contribution is 2.42. The number of hydrogen-bond acceptors (Lipinski definition) is 4. The molecule has 0 radical (unpaired) electrons. The van der Waals surface area contributed by atoms with Crippen molar-refractivity contribution in [1.29, 1.82) is 0 Å². The van der Waals surface area contributed by atoms with Gasteiger partial charge in [0.1, 0.15) is 12.4 Å². The molecule has 3 aromatic rings. The largest absolute Gasteiger partial charge is 0.489 e. The second-order valence-corrected chi connectivity index (χ2v) is 9.48. The summed E-state index contributed by atoms with van der Waals surface area (Å²) >= 11 is 0. The Hall–Kier alpha value is -3.09. The minimum Gasteiger partial charge on any atom is -0.489 e. The van der Waals surface area contributed by atoms with Crippen LogP contribution < -0.4 is 9.04 Å². The lowest BCUT2D eigenvalue weighted by molar-refractivity contribution is 0.158. The van der Waals surface area contributed by atoms with Crippen molar-refractivity contribution in [3.05, 3.63) is 102 Å². The zero-order valence-electron chi connectivity index (χ0n) is 17.3. The Kier molecular flexibility index (Phi) is 5.85. The van der Waals surface area contributed by atoms with Crippen LogP contribution >= 0.6 is 0 Å². The second-order valence-electron chi connectivity index (χ2n) is 7.66. The Bertz CT molecular complexity index is 1170. The maximum absolute atomic E-state index is 13.5. The molecule has 0 bridgehead atoms. The van der Waals surface area contributed by atoms with Crippen molar-refractivity contribution in [1.82, 2.24) is 0 Å². The van der Waals surface area contributed by atoms with Crippen LogP contribution in [0.5, 0.6) is 5.75 Å². The predicted octanol–water partition coefficient (Wildman–Crippen LogP) is 4.76. The standard InChI is InChI=1S/C25H25NO4S/c1-3-20-15-25(27)23-16-21(30-17-19-7-5-4-6-8-19)11-14-24(23)26(20)31(28,29)22-12-9-18(2)10-13-22/h3-14,16,20,25,27H,1,15,17H2,2H3/t20-,25+/m1/s1. The zero-order chi connectivity index (χ0) is 22.0. The van der Waals surface area contributed by atoms with Crippen molar-refractivity contribution in [2.24, 2.45) is 0 Å². The van der Waals surface area contributed by atoms with Gasteiger partial charge in [-0.2, -0.15) is 0 Å². The summed E-state index contributed by atoms with van der Waals surface area (Å²) in [4.78, 5) is 0.205. The Morgan fingerprint density at radius 1 is 1.10 bits per heavy atom. The predicted molar refractivity (Wildman–Crippen MR) is 122 cm³/mol. The maximum atomic E-state index is 13.5. The Morgan fingerprint density at radius 2 is 1.81 bits per heavy atom. The summed E-state index contributed by atoms with van der Waals surface area (Å²) in [5, 5.41) is 10.7. The van der Waals surface area contributed by atoms with E-state index in [2.05, 4.69) is 6.58 Å². The van der Waals surface area contributed by atoms with Crippen molar-refractivity contribution in [3.63, 3.8) is 0 Å². The number of aryl methyl sites for hydroxylation is 1. The molecule has 1 heterocycles. The van der Waals surface area contributed by atoms with Gasteiger partial charge in [0, 0.05) is 12.0 Å². The molecule has 1 aliphatic heterocycles. The van der Waals surface area contributed by atoms with E-state index in [-0.39, 0.29) is 11.3 Å². The number of nitrogens with zero attached hydrogens (tertiary/aromatic N) is 1. The summed E-state index contributed by atoms with van der Waals surface area (Å²) in [5.41, 5.74) is 2.97. The van der Waals surface area contributed by atoms with Crippen molar-refractivity contribution < 1.29 is 18.3 Å². The average molecular weight is 436 g/mol. The third-order valence-corrected chi connectivity index (χ3v) is 7.31. The first kappa shape index (κ1) is 21.2. The lowest BCUT2D eigenvalue weighted by atomic mass is 9.95. The molecule has 160 valence electrons. The molecule has 1 aliphatic rings. The number of hydrogen-bond donors (Lipinski definition) is 1. The van der Waals surface area contributed by atoms with Crippen molar-refractivity contribution in [3.8, 4) is 5.75 Å². The van der Waals surface area contributed by atoms with Crippen LogP contribution in [0.3, 0.4) is 0 Å². The van der Waals surface area contributed by atoms with Gasteiger partial charge in [0.25, 0.3) is 10.0 Å². The number of fused-ring (bicyclic) bond motifs is 1. The number of benzene rings is 3. The molecule has 4 rings (SSSR count). The minimum atomic E-state index is -3.83. The number of rotatable bonds is 6. The molecular weight excluding hydrogens is 410 g/mol. The van der Waals surface area contributed by atoms with E-state index in [0.29, 0.717) is 23.6 Å². The van der Waals surface area contributed by atoms with E-state index in [0.717, 1.165) is 11.1 Å². The highest BCUT2D eigenvalue weighted by Gasteiger charge is 2.38. The number of sulfonamides is 1. The molecule has 1 N–H and O–H groups in total. The van der Waals surface area contributed by atoms with Gasteiger partial charge in [-0.15, -0.1) is 6.58 Å². The third-order valence-electron chi connectivity index (χ3n) is 5.46. The van der Waals surface area contributed by atoms with Gasteiger partial charge < -0.3 is 9.84 Å². The van der Waals surface area contributed by atoms with Crippen molar-refractivity contribution in [2.75, 3.05) is 4.31 Å². The van der Waals surface area contributed by atoms with E-state index < -0.39 is 22.2 Å². The van der Waals surface area contributed by atoms with E-state index in [1.54, 1.807) is 48.5 Å². The molecule has 3 aromatic carbocycles. The molecule has 0 aromatic heterocycles. The molecule has 0 saturated carbocycles. The van der Waals surface area contributed by atoms with E-state index >= 15 is 0 Å². The van der Waals surface area contributed by atoms with Crippen molar-refractivity contribution >= 4 is 15.7 Å². The van der Waals surface area contributed by atoms with Gasteiger partial charge in [-0.3, -0.25) is 4.31 Å². The van der Waals surface area contributed by atoms with Gasteiger partial charge in [0.2, 0.25) is 0 Å². The molecule has 0 saturated heterocycles. The first-order valence-electron chi connectivity index (χ1n) is 10.1. The van der Waals surface area contributed by atoms with Crippen molar-refractivity contribution in [2.45, 2.75) is 37.0 Å². The minimum absolute atomic E-state index is 0.205. The van der Waals surface area contributed by atoms with Crippen LogP contribution in [0.15, 0.2) is 90.3 Å². The van der Waals surface area contributed by atoms with Gasteiger partial charge in [0.05, 0.1) is 22.7 Å². The van der Waals surface area contributed by atoms with E-state index in [1.165, 1.54) is 4.31 Å². The van der Waals surface area contributed by atoms with Gasteiger partial charge in [-0.25, -0.2) is 8.42 Å². The zero-order valence-corrected chi connectivity index (χ0v) is 18.1. The first-order chi connectivity index (χ1) is 14.9. The Labute approximate surface area is 183 Å². The molecule has 6 heteroatoms. The van der Waals surface area contributed by atoms with Crippen LogP contribution in [-0.2, 0) is 16.6 Å². The van der Waals surface area contributed by atoms with Crippen LogP contribution in [0.4, 0.5) is 5.69 Å². The van der Waals surface area contributed by atoms with Gasteiger partial charge >= 0.3 is 0 Å². The van der Waals surface area contributed by atoms with Crippen LogP contribution in [-0.4, -0.2) is 19.6 Å². The fraction of sp³-hybridized carbons (Fsp3) is 0.200. The van der Waals surface area contributed by atoms with Crippen LogP contribution in [0.1, 0.15) is 29.2 Å². The summed E-state index contributed by atoms with van der Waals surface area (Å²) < 4.78 is 34.2. The van der Waals surface area contributed by atoms with Gasteiger partial charge in [-0.05, 0) is 42.8 Å². The smallest absolute Gasteiger partial charge is 0.264 e. The monoisotopic (exact) mass is 435 g/mol. The maximum Gasteiger partial charge on any atom is 0.264 e. The summed E-state index contributed by atoms with van der Waals surface area (Å²) in [6, 6.07) is 21.1. The summed E-state index contributed by atoms with van der Waals surface area (Å²) in [7, 11) is -3.83. The fourth-order valence-corrected chi connectivity index (χ4v) is 5.45. The highest BCUT2D eigenvalue weighted by atomic mass is 32.2. The van der Waals surface area contributed by atoms with Crippen LogP contribution in [0, 0.1) is 6.92 Å². The van der Waals surface area contributed by atoms with E-state index in [4.69, 9.17) is 4.74 Å². The van der Waals surface area contributed by atoms with E-state index in [1.807, 2.05) is 37.3 Å². The quantitative estimate of drug-likeness (QED) is 0.567. The molecule has 0 aliphatic carbocycles. The molecule has 31 heavy (non-hydrogen) atoms. The fourth-order valence-electron chi connectivity index (χ4n) is 3.78. The Balaban J connectivity index is 1.70. The third kappa shape index (κ3) is 4.22. The highest BCUT2D eigenvalue weighted by molar-refractivity contribution is 7.92. The average Bonchev–Trinajstić information content (AvgIpc) is 2.78. The van der Waals surface area contributed by atoms with E-state index in [9.17, 15) is 13.5 Å². The summed E-state index contributed by atoms with van der Waals surface area (Å²) in [6.07, 6.45) is 0.976. The van der Waals surface area contributed by atoms with Gasteiger partial charge in [0.15, 0.2) is 0 Å². The molecule has 0 fully saturated rings. The van der Waals surface area contributed by atoms with Gasteiger partial charge in [-0.1, -0.05) is 54.1 Å². The first-order valence-corrected chi connectivity index (χ1v) is 11.6. The van der Waals surface area contributed by atoms with Crippen LogP contribution in [0.2, 0.25) is 0 Å². The second kappa shape index (κ2) is 8.57.